The highest BCUT2D eigenvalue weighted by Gasteiger charge is 2.36. The van der Waals surface area contributed by atoms with Crippen LogP contribution in [0.2, 0.25) is 0 Å². The lowest BCUT2D eigenvalue weighted by Crippen LogP contribution is -2.26. The number of aliphatic carboxylic acids is 2. The Labute approximate surface area is 151 Å². The largest absolute Gasteiger partial charge is 0.481 e. The number of hydrogen-bond acceptors (Lipinski definition) is 2. The van der Waals surface area contributed by atoms with Crippen LogP contribution in [0.4, 0.5) is 0 Å². The second kappa shape index (κ2) is 9.47. The summed E-state index contributed by atoms with van der Waals surface area (Å²) in [5, 5.41) is 19.0. The molecule has 0 radical (unpaired) electrons. The van der Waals surface area contributed by atoms with Gasteiger partial charge in [-0.25, -0.2) is 0 Å². The van der Waals surface area contributed by atoms with Crippen molar-refractivity contribution in [3.05, 3.63) is 70.2 Å². The molecule has 2 rings (SSSR count). The minimum Gasteiger partial charge on any atom is -0.481 e. The summed E-state index contributed by atoms with van der Waals surface area (Å²) in [7, 11) is 0. The highest BCUT2D eigenvalue weighted by Crippen LogP contribution is 2.34. The van der Waals surface area contributed by atoms with Crippen LogP contribution in [0.1, 0.15) is 23.0 Å². The zero-order chi connectivity index (χ0) is 17.4. The molecule has 0 saturated heterocycles. The molecule has 4 nitrogen and oxygen atoms in total. The first kappa shape index (κ1) is 19.4. The lowest BCUT2D eigenvalue weighted by atomic mass is 9.81. The van der Waals surface area contributed by atoms with Gasteiger partial charge in [-0.15, -0.1) is 0 Å². The van der Waals surface area contributed by atoms with Gasteiger partial charge in [-0.3, -0.25) is 9.59 Å². The Morgan fingerprint density at radius 1 is 0.783 bits per heavy atom. The average molecular weight is 444 g/mol. The Morgan fingerprint density at radius 2 is 1.17 bits per heavy atom. The zero-order valence-electron chi connectivity index (χ0n) is 12.3. The summed E-state index contributed by atoms with van der Waals surface area (Å²) in [6.45, 7) is 0. The molecule has 2 N–H and O–H groups in total. The SMILES string of the molecule is CBr.O=C(O)C(c1ccccc1)C(C(=O)O)c1ccc(Br)cc1. The molecule has 0 aromatic heterocycles. The molecule has 2 aromatic carbocycles. The molecule has 0 bridgehead atoms. The number of benzene rings is 2. The molecular formula is C17H16Br2O4. The van der Waals surface area contributed by atoms with E-state index >= 15 is 0 Å². The Kier molecular flexibility index (Phi) is 7.98. The van der Waals surface area contributed by atoms with E-state index in [9.17, 15) is 19.8 Å². The van der Waals surface area contributed by atoms with E-state index in [2.05, 4.69) is 31.9 Å². The topological polar surface area (TPSA) is 74.6 Å². The number of halogens is 2. The second-order valence-electron chi connectivity index (χ2n) is 4.59. The molecule has 0 amide bonds. The minimum atomic E-state index is -1.16. The van der Waals surface area contributed by atoms with E-state index in [-0.39, 0.29) is 0 Å². The maximum Gasteiger partial charge on any atom is 0.312 e. The van der Waals surface area contributed by atoms with Crippen LogP contribution < -0.4 is 0 Å². The number of carbonyl (C=O) groups is 2. The van der Waals surface area contributed by atoms with Gasteiger partial charge >= 0.3 is 11.9 Å². The number of carboxylic acids is 2. The molecule has 0 aliphatic carbocycles. The maximum absolute atomic E-state index is 11.6. The van der Waals surface area contributed by atoms with E-state index in [1.54, 1.807) is 54.6 Å². The van der Waals surface area contributed by atoms with Crippen molar-refractivity contribution < 1.29 is 19.8 Å². The van der Waals surface area contributed by atoms with Gasteiger partial charge in [0.2, 0.25) is 0 Å². The number of hydrogen-bond donors (Lipinski definition) is 2. The summed E-state index contributed by atoms with van der Waals surface area (Å²) in [4.78, 5) is 23.2. The fourth-order valence-corrected chi connectivity index (χ4v) is 2.55. The first-order valence-electron chi connectivity index (χ1n) is 6.64. The van der Waals surface area contributed by atoms with E-state index in [1.165, 1.54) is 0 Å². The van der Waals surface area contributed by atoms with Crippen molar-refractivity contribution in [3.63, 3.8) is 0 Å². The van der Waals surface area contributed by atoms with E-state index in [4.69, 9.17) is 0 Å². The minimum absolute atomic E-state index is 0.460. The van der Waals surface area contributed by atoms with Crippen molar-refractivity contribution in [2.24, 2.45) is 0 Å². The van der Waals surface area contributed by atoms with Crippen LogP contribution in [-0.4, -0.2) is 28.0 Å². The predicted molar refractivity (Wildman–Crippen MR) is 96.2 cm³/mol. The number of rotatable bonds is 5. The van der Waals surface area contributed by atoms with E-state index in [0.29, 0.717) is 11.1 Å². The molecule has 6 heteroatoms. The van der Waals surface area contributed by atoms with Gasteiger partial charge in [-0.2, -0.15) is 0 Å². The van der Waals surface area contributed by atoms with E-state index < -0.39 is 23.8 Å². The number of alkyl halides is 1. The standard InChI is InChI=1S/C16H13BrO4.CH3Br/c17-12-8-6-11(7-9-12)14(16(20)21)13(15(18)19)10-4-2-1-3-5-10;1-2/h1-9,13-14H,(H,18,19)(H,20,21);1H3. The van der Waals surface area contributed by atoms with Crippen molar-refractivity contribution in [3.8, 4) is 0 Å². The van der Waals surface area contributed by atoms with Gasteiger partial charge in [0, 0.05) is 4.47 Å². The van der Waals surface area contributed by atoms with Crippen LogP contribution in [-0.2, 0) is 9.59 Å². The Balaban J connectivity index is 0.00000127. The molecule has 2 unspecified atom stereocenters. The first-order valence-corrected chi connectivity index (χ1v) is 9.02. The first-order chi connectivity index (χ1) is 11.0. The van der Waals surface area contributed by atoms with Crippen molar-refractivity contribution in [1.29, 1.82) is 0 Å². The quantitative estimate of drug-likeness (QED) is 0.667. The Hall–Kier alpha value is -1.66. The number of carboxylic acid groups (broad SMARTS) is 2. The third-order valence-electron chi connectivity index (χ3n) is 3.25. The van der Waals surface area contributed by atoms with Crippen LogP contribution in [0.25, 0.3) is 0 Å². The molecule has 0 fully saturated rings. The summed E-state index contributed by atoms with van der Waals surface area (Å²) in [5.41, 5.74) is 0.933. The van der Waals surface area contributed by atoms with Gasteiger partial charge in [0.05, 0.1) is 11.8 Å². The summed E-state index contributed by atoms with van der Waals surface area (Å²) in [5.74, 6) is -2.78. The average Bonchev–Trinajstić information content (AvgIpc) is 2.55. The van der Waals surface area contributed by atoms with Crippen LogP contribution in [0.15, 0.2) is 59.1 Å². The molecule has 2 atom stereocenters. The molecule has 23 heavy (non-hydrogen) atoms. The predicted octanol–water partition coefficient (Wildman–Crippen LogP) is 4.50. The third kappa shape index (κ3) is 5.18. The normalized spacial score (nSPS) is 12.5. The third-order valence-corrected chi connectivity index (χ3v) is 3.78. The van der Waals surface area contributed by atoms with Crippen LogP contribution in [0, 0.1) is 0 Å². The van der Waals surface area contributed by atoms with Gasteiger partial charge < -0.3 is 10.2 Å². The summed E-state index contributed by atoms with van der Waals surface area (Å²) in [6, 6.07) is 15.1. The van der Waals surface area contributed by atoms with Crippen molar-refractivity contribution in [1.82, 2.24) is 0 Å². The monoisotopic (exact) mass is 442 g/mol. The fraction of sp³-hybridized carbons (Fsp3) is 0.176. The smallest absolute Gasteiger partial charge is 0.312 e. The van der Waals surface area contributed by atoms with Crippen LogP contribution in [0.5, 0.6) is 0 Å². The van der Waals surface area contributed by atoms with Gasteiger partial charge in [-0.05, 0) is 29.1 Å². The summed E-state index contributed by atoms with van der Waals surface area (Å²) < 4.78 is 0.807. The van der Waals surface area contributed by atoms with Gasteiger partial charge in [0.15, 0.2) is 0 Å². The van der Waals surface area contributed by atoms with Gasteiger partial charge in [0.1, 0.15) is 0 Å². The molecule has 0 heterocycles. The highest BCUT2D eigenvalue weighted by atomic mass is 79.9. The molecular weight excluding hydrogens is 428 g/mol. The maximum atomic E-state index is 11.6. The van der Waals surface area contributed by atoms with E-state index in [0.717, 1.165) is 4.47 Å². The zero-order valence-corrected chi connectivity index (χ0v) is 15.5. The second-order valence-corrected chi connectivity index (χ2v) is 5.51. The summed E-state index contributed by atoms with van der Waals surface area (Å²) >= 11 is 6.22. The van der Waals surface area contributed by atoms with Crippen molar-refractivity contribution in [2.45, 2.75) is 11.8 Å². The molecule has 122 valence electrons. The Morgan fingerprint density at radius 3 is 1.57 bits per heavy atom. The summed E-state index contributed by atoms with van der Waals surface area (Å²) in [6.07, 6.45) is 0. The highest BCUT2D eigenvalue weighted by molar-refractivity contribution is 9.10. The molecule has 0 saturated carbocycles. The molecule has 0 spiro atoms. The van der Waals surface area contributed by atoms with Crippen molar-refractivity contribution in [2.75, 3.05) is 5.83 Å². The Bertz CT molecular complexity index is 641. The molecule has 0 aliphatic heterocycles. The molecule has 0 aliphatic rings. The lowest BCUT2D eigenvalue weighted by molar-refractivity contribution is -0.147. The molecule has 2 aromatic rings. The fourth-order valence-electron chi connectivity index (χ4n) is 2.29. The van der Waals surface area contributed by atoms with Crippen LogP contribution >= 0.6 is 31.9 Å². The van der Waals surface area contributed by atoms with Gasteiger partial charge in [0.25, 0.3) is 0 Å². The lowest BCUT2D eigenvalue weighted by Gasteiger charge is -2.21. The van der Waals surface area contributed by atoms with E-state index in [1.807, 2.05) is 5.83 Å². The van der Waals surface area contributed by atoms with Crippen LogP contribution in [0.3, 0.4) is 0 Å². The van der Waals surface area contributed by atoms with Gasteiger partial charge in [-0.1, -0.05) is 74.3 Å². The van der Waals surface area contributed by atoms with Crippen molar-refractivity contribution >= 4 is 43.8 Å².